The minimum Gasteiger partial charge on any atom is -0.494 e. The van der Waals surface area contributed by atoms with Gasteiger partial charge in [-0.3, -0.25) is 0 Å². The Hall–Kier alpha value is -2.31. The monoisotopic (exact) mass is 457 g/mol. The van der Waals surface area contributed by atoms with E-state index >= 15 is 4.39 Å². The van der Waals surface area contributed by atoms with Gasteiger partial charge >= 0.3 is 0 Å². The van der Waals surface area contributed by atoms with Gasteiger partial charge in [-0.25, -0.2) is 4.39 Å². The zero-order valence-corrected chi connectivity index (χ0v) is 20.8. The summed E-state index contributed by atoms with van der Waals surface area (Å²) >= 11 is 0. The van der Waals surface area contributed by atoms with E-state index in [9.17, 15) is 5.11 Å². The van der Waals surface area contributed by atoms with E-state index in [0.29, 0.717) is 24.0 Å². The van der Waals surface area contributed by atoms with Crippen molar-refractivity contribution in [3.05, 3.63) is 53.8 Å². The van der Waals surface area contributed by atoms with Crippen molar-refractivity contribution in [1.82, 2.24) is 5.32 Å². The summed E-state index contributed by atoms with van der Waals surface area (Å²) in [5.74, 6) is 0.529. The number of aliphatic hydroxyl groups excluding tert-OH is 1. The topological polar surface area (TPSA) is 48.0 Å². The van der Waals surface area contributed by atoms with Crippen LogP contribution in [0.4, 0.5) is 15.8 Å². The van der Waals surface area contributed by atoms with Crippen molar-refractivity contribution in [2.75, 3.05) is 43.1 Å². The second-order valence-electron chi connectivity index (χ2n) is 10.3. The summed E-state index contributed by atoms with van der Waals surface area (Å²) < 4.78 is 20.7. The van der Waals surface area contributed by atoms with Gasteiger partial charge in [0, 0.05) is 44.0 Å². The van der Waals surface area contributed by atoms with Gasteiger partial charge in [0.2, 0.25) is 0 Å². The molecule has 2 atom stereocenters. The molecule has 0 bridgehead atoms. The first-order chi connectivity index (χ1) is 15.7. The summed E-state index contributed by atoms with van der Waals surface area (Å²) in [5.41, 5.74) is 2.22. The molecule has 1 fully saturated rings. The lowest BCUT2D eigenvalue weighted by atomic mass is 9.96. The van der Waals surface area contributed by atoms with Gasteiger partial charge in [0.1, 0.15) is 11.6 Å². The van der Waals surface area contributed by atoms with Crippen molar-refractivity contribution in [2.45, 2.75) is 59.2 Å². The van der Waals surface area contributed by atoms with Crippen LogP contribution in [0.2, 0.25) is 0 Å². The van der Waals surface area contributed by atoms with Crippen molar-refractivity contribution in [3.63, 3.8) is 0 Å². The van der Waals surface area contributed by atoms with Crippen LogP contribution < -0.4 is 19.9 Å². The molecule has 1 aliphatic rings. The van der Waals surface area contributed by atoms with Crippen LogP contribution in [0.1, 0.15) is 58.7 Å². The lowest BCUT2D eigenvalue weighted by Crippen LogP contribution is -2.37. The molecule has 0 aliphatic carbocycles. The normalized spacial score (nSPS) is 17.3. The molecule has 1 aliphatic heterocycles. The first-order valence-electron chi connectivity index (χ1n) is 12.1. The molecule has 182 valence electrons. The minimum absolute atomic E-state index is 0.230. The molecule has 0 amide bonds. The van der Waals surface area contributed by atoms with Crippen LogP contribution in [0.5, 0.6) is 5.75 Å². The predicted octanol–water partition coefficient (Wildman–Crippen LogP) is 5.35. The predicted molar refractivity (Wildman–Crippen MR) is 135 cm³/mol. The molecule has 2 unspecified atom stereocenters. The summed E-state index contributed by atoms with van der Waals surface area (Å²) in [7, 11) is 1.77. The lowest BCUT2D eigenvalue weighted by Gasteiger charge is -2.27. The largest absolute Gasteiger partial charge is 0.494 e. The molecule has 2 aromatic rings. The van der Waals surface area contributed by atoms with E-state index < -0.39 is 6.23 Å². The molecule has 0 radical (unpaired) electrons. The fourth-order valence-electron chi connectivity index (χ4n) is 4.00. The Kier molecular flexibility index (Phi) is 8.60. The second-order valence-corrected chi connectivity index (χ2v) is 10.3. The van der Waals surface area contributed by atoms with Gasteiger partial charge in [0.05, 0.1) is 12.3 Å². The number of halogens is 1. The molecular formula is C27H40FN3O2. The van der Waals surface area contributed by atoms with Gasteiger partial charge in [-0.05, 0) is 48.6 Å². The van der Waals surface area contributed by atoms with Crippen LogP contribution in [-0.4, -0.2) is 44.4 Å². The number of hydrogen-bond donors (Lipinski definition) is 2. The Labute approximate surface area is 198 Å². The Morgan fingerprint density at radius 2 is 1.94 bits per heavy atom. The maximum atomic E-state index is 15.0. The molecular weight excluding hydrogens is 417 g/mol. The van der Waals surface area contributed by atoms with Crippen LogP contribution >= 0.6 is 0 Å². The van der Waals surface area contributed by atoms with Gasteiger partial charge in [-0.15, -0.1) is 0 Å². The van der Waals surface area contributed by atoms with E-state index in [0.717, 1.165) is 50.2 Å². The Bertz CT molecular complexity index is 882. The zero-order valence-electron chi connectivity index (χ0n) is 20.8. The molecule has 2 N–H and O–H groups in total. The maximum absolute atomic E-state index is 15.0. The SMILES string of the molecule is CCCCOc1ccc(C(O)N(C)c2ccc(N3CCC(NCC(C)(C)C)C3)c(F)c2)cc1. The quantitative estimate of drug-likeness (QED) is 0.372. The average molecular weight is 458 g/mol. The molecule has 3 rings (SSSR count). The van der Waals surface area contributed by atoms with Gasteiger partial charge < -0.3 is 25.0 Å². The highest BCUT2D eigenvalue weighted by molar-refractivity contribution is 5.58. The smallest absolute Gasteiger partial charge is 0.153 e. The van der Waals surface area contributed by atoms with Crippen molar-refractivity contribution in [1.29, 1.82) is 0 Å². The molecule has 6 heteroatoms. The third-order valence-electron chi connectivity index (χ3n) is 6.10. The van der Waals surface area contributed by atoms with Crippen LogP contribution in [-0.2, 0) is 0 Å². The summed E-state index contributed by atoms with van der Waals surface area (Å²) in [6.45, 7) is 12.0. The second kappa shape index (κ2) is 11.2. The fourth-order valence-corrected chi connectivity index (χ4v) is 4.00. The molecule has 33 heavy (non-hydrogen) atoms. The average Bonchev–Trinajstić information content (AvgIpc) is 3.26. The molecule has 1 heterocycles. The van der Waals surface area contributed by atoms with E-state index in [1.54, 1.807) is 11.9 Å². The van der Waals surface area contributed by atoms with Crippen molar-refractivity contribution in [2.24, 2.45) is 5.41 Å². The third-order valence-corrected chi connectivity index (χ3v) is 6.10. The highest BCUT2D eigenvalue weighted by Crippen LogP contribution is 2.31. The number of unbranched alkanes of at least 4 members (excludes halogenated alkanes) is 1. The van der Waals surface area contributed by atoms with Gasteiger partial charge in [0.15, 0.2) is 6.23 Å². The molecule has 1 saturated heterocycles. The number of anilines is 2. The maximum Gasteiger partial charge on any atom is 0.153 e. The van der Waals surface area contributed by atoms with Crippen LogP contribution in [0.25, 0.3) is 0 Å². The first kappa shape index (κ1) is 25.3. The van der Waals surface area contributed by atoms with Gasteiger partial charge in [0.25, 0.3) is 0 Å². The van der Waals surface area contributed by atoms with Gasteiger partial charge in [-0.2, -0.15) is 0 Å². The third kappa shape index (κ3) is 7.08. The van der Waals surface area contributed by atoms with E-state index in [1.807, 2.05) is 36.4 Å². The molecule has 5 nitrogen and oxygen atoms in total. The zero-order chi connectivity index (χ0) is 24.0. The molecule has 2 aromatic carbocycles. The lowest BCUT2D eigenvalue weighted by molar-refractivity contribution is 0.178. The minimum atomic E-state index is -0.877. The van der Waals surface area contributed by atoms with E-state index in [2.05, 4.69) is 37.9 Å². The molecule has 0 saturated carbocycles. The summed E-state index contributed by atoms with van der Waals surface area (Å²) in [5, 5.41) is 14.4. The first-order valence-corrected chi connectivity index (χ1v) is 12.1. The summed E-state index contributed by atoms with van der Waals surface area (Å²) in [6.07, 6.45) is 2.23. The summed E-state index contributed by atoms with van der Waals surface area (Å²) in [4.78, 5) is 3.78. The molecule has 0 aromatic heterocycles. The van der Waals surface area contributed by atoms with E-state index in [4.69, 9.17) is 4.74 Å². The fraction of sp³-hybridized carbons (Fsp3) is 0.556. The number of ether oxygens (including phenoxy) is 1. The molecule has 0 spiro atoms. The highest BCUT2D eigenvalue weighted by atomic mass is 19.1. The highest BCUT2D eigenvalue weighted by Gasteiger charge is 2.26. The number of hydrogen-bond acceptors (Lipinski definition) is 5. The number of nitrogens with one attached hydrogen (secondary N) is 1. The van der Waals surface area contributed by atoms with Crippen molar-refractivity contribution >= 4 is 11.4 Å². The van der Waals surface area contributed by atoms with Crippen LogP contribution in [0.3, 0.4) is 0 Å². The Balaban J connectivity index is 1.61. The number of benzene rings is 2. The number of aliphatic hydroxyl groups is 1. The number of nitrogens with zero attached hydrogens (tertiary/aromatic N) is 2. The Morgan fingerprint density at radius 1 is 1.21 bits per heavy atom. The van der Waals surface area contributed by atoms with Crippen LogP contribution in [0.15, 0.2) is 42.5 Å². The standard InChI is InChI=1S/C27H40FN3O2/c1-6-7-16-33-23-11-8-20(9-12-23)26(32)30(5)22-10-13-25(24(28)17-22)31-15-14-21(18-31)29-19-27(2,3)4/h8-13,17,21,26,29,32H,6-7,14-16,18-19H2,1-5H3. The van der Waals surface area contributed by atoms with Crippen LogP contribution in [0, 0.1) is 11.2 Å². The van der Waals surface area contributed by atoms with E-state index in [1.165, 1.54) is 6.07 Å². The van der Waals surface area contributed by atoms with Gasteiger partial charge in [-0.1, -0.05) is 46.2 Å². The number of rotatable bonds is 10. The van der Waals surface area contributed by atoms with E-state index in [-0.39, 0.29) is 11.2 Å². The van der Waals surface area contributed by atoms with Crippen molar-refractivity contribution < 1.29 is 14.2 Å². The Morgan fingerprint density at radius 3 is 2.58 bits per heavy atom. The summed E-state index contributed by atoms with van der Waals surface area (Å²) in [6, 6.07) is 13.0. The van der Waals surface area contributed by atoms with Crippen molar-refractivity contribution in [3.8, 4) is 5.75 Å².